The van der Waals surface area contributed by atoms with Gasteiger partial charge in [0, 0.05) is 24.3 Å². The van der Waals surface area contributed by atoms with E-state index < -0.39 is 0 Å². The molecule has 0 saturated heterocycles. The highest BCUT2D eigenvalue weighted by Gasteiger charge is 2.21. The molecule has 100 valence electrons. The number of nitrogens with two attached hydrogens (primary N) is 1. The molecule has 1 atom stereocenters. The first-order valence-electron chi connectivity index (χ1n) is 7.00. The fourth-order valence-corrected chi connectivity index (χ4v) is 2.66. The summed E-state index contributed by atoms with van der Waals surface area (Å²) in [6, 6.07) is 1.93. The summed E-state index contributed by atoms with van der Waals surface area (Å²) < 4.78 is 5.67. The van der Waals surface area contributed by atoms with Gasteiger partial charge in [-0.25, -0.2) is 9.97 Å². The first-order valence-corrected chi connectivity index (χ1v) is 7.00. The molecule has 2 N–H and O–H groups in total. The van der Waals surface area contributed by atoms with E-state index in [1.807, 2.05) is 13.0 Å². The molecule has 0 bridgehead atoms. The molecule has 4 heteroatoms. The summed E-state index contributed by atoms with van der Waals surface area (Å²) in [7, 11) is 0. The molecule has 0 aromatic carbocycles. The Morgan fingerprint density at radius 1 is 1.33 bits per heavy atom. The van der Waals surface area contributed by atoms with Crippen molar-refractivity contribution in [2.24, 2.45) is 0 Å². The van der Waals surface area contributed by atoms with Crippen LogP contribution in [-0.4, -0.2) is 16.6 Å². The SMILES string of the molecule is CCOC(CC)c1nc(N)cc(C2CCCC2)n1. The smallest absolute Gasteiger partial charge is 0.159 e. The number of rotatable bonds is 5. The quantitative estimate of drug-likeness (QED) is 0.870. The average Bonchev–Trinajstić information content (AvgIpc) is 2.89. The Bertz CT molecular complexity index is 389. The van der Waals surface area contributed by atoms with Crippen molar-refractivity contribution in [3.05, 3.63) is 17.6 Å². The van der Waals surface area contributed by atoms with Crippen LogP contribution in [0.3, 0.4) is 0 Å². The van der Waals surface area contributed by atoms with Gasteiger partial charge >= 0.3 is 0 Å². The molecule has 1 aromatic rings. The van der Waals surface area contributed by atoms with Gasteiger partial charge in [-0.2, -0.15) is 0 Å². The summed E-state index contributed by atoms with van der Waals surface area (Å²) in [4.78, 5) is 9.03. The molecule has 4 nitrogen and oxygen atoms in total. The number of nitrogens with zero attached hydrogens (tertiary/aromatic N) is 2. The maximum absolute atomic E-state index is 5.91. The van der Waals surface area contributed by atoms with E-state index in [0.717, 1.165) is 17.9 Å². The van der Waals surface area contributed by atoms with Crippen LogP contribution in [0, 0.1) is 0 Å². The summed E-state index contributed by atoms with van der Waals surface area (Å²) in [5.41, 5.74) is 7.01. The van der Waals surface area contributed by atoms with Gasteiger partial charge in [0.2, 0.25) is 0 Å². The van der Waals surface area contributed by atoms with E-state index in [1.54, 1.807) is 0 Å². The normalized spacial score (nSPS) is 18.1. The maximum Gasteiger partial charge on any atom is 0.159 e. The van der Waals surface area contributed by atoms with E-state index in [-0.39, 0.29) is 6.10 Å². The van der Waals surface area contributed by atoms with Crippen molar-refractivity contribution in [2.75, 3.05) is 12.3 Å². The molecule has 1 fully saturated rings. The van der Waals surface area contributed by atoms with E-state index in [4.69, 9.17) is 10.5 Å². The molecule has 0 amide bonds. The summed E-state index contributed by atoms with van der Waals surface area (Å²) >= 11 is 0. The minimum Gasteiger partial charge on any atom is -0.384 e. The number of nitrogen functional groups attached to an aromatic ring is 1. The second-order valence-electron chi connectivity index (χ2n) is 4.91. The topological polar surface area (TPSA) is 61.0 Å². The standard InChI is InChI=1S/C14H23N3O/c1-3-12(18-4-2)14-16-11(9-13(15)17-14)10-7-5-6-8-10/h9-10,12H,3-8H2,1-2H3,(H2,15,16,17). The zero-order valence-corrected chi connectivity index (χ0v) is 11.4. The molecule has 1 saturated carbocycles. The number of ether oxygens (including phenoxy) is 1. The minimum atomic E-state index is -0.0290. The summed E-state index contributed by atoms with van der Waals surface area (Å²) in [6.07, 6.45) is 5.89. The van der Waals surface area contributed by atoms with Gasteiger partial charge < -0.3 is 10.5 Å². The molecule has 0 aliphatic heterocycles. The third-order valence-corrected chi connectivity index (χ3v) is 3.58. The van der Waals surface area contributed by atoms with Crippen molar-refractivity contribution in [2.45, 2.75) is 58.0 Å². The second-order valence-corrected chi connectivity index (χ2v) is 4.91. The lowest BCUT2D eigenvalue weighted by Crippen LogP contribution is -2.12. The lowest BCUT2D eigenvalue weighted by atomic mass is 10.0. The summed E-state index contributed by atoms with van der Waals surface area (Å²) in [6.45, 7) is 4.75. The van der Waals surface area contributed by atoms with Gasteiger partial charge in [0.1, 0.15) is 11.9 Å². The second kappa shape index (κ2) is 6.14. The van der Waals surface area contributed by atoms with Crippen LogP contribution in [0.25, 0.3) is 0 Å². The van der Waals surface area contributed by atoms with Crippen LogP contribution in [0.2, 0.25) is 0 Å². The molecule has 1 aliphatic rings. The number of anilines is 1. The van der Waals surface area contributed by atoms with E-state index in [0.29, 0.717) is 18.3 Å². The molecule has 1 aromatic heterocycles. The van der Waals surface area contributed by atoms with Gasteiger partial charge in [0.05, 0.1) is 0 Å². The Morgan fingerprint density at radius 2 is 2.06 bits per heavy atom. The van der Waals surface area contributed by atoms with Crippen molar-refractivity contribution < 1.29 is 4.74 Å². The zero-order chi connectivity index (χ0) is 13.0. The summed E-state index contributed by atoms with van der Waals surface area (Å²) in [5, 5.41) is 0. The first kappa shape index (κ1) is 13.3. The van der Waals surface area contributed by atoms with Crippen LogP contribution in [0.1, 0.15) is 69.5 Å². The van der Waals surface area contributed by atoms with Crippen LogP contribution in [0.15, 0.2) is 6.07 Å². The highest BCUT2D eigenvalue weighted by Crippen LogP contribution is 2.34. The van der Waals surface area contributed by atoms with Crippen molar-refractivity contribution in [1.29, 1.82) is 0 Å². The van der Waals surface area contributed by atoms with Gasteiger partial charge in [-0.15, -0.1) is 0 Å². The number of hydrogen-bond acceptors (Lipinski definition) is 4. The fourth-order valence-electron chi connectivity index (χ4n) is 2.66. The van der Waals surface area contributed by atoms with E-state index in [1.165, 1.54) is 25.7 Å². The summed E-state index contributed by atoms with van der Waals surface area (Å²) in [5.74, 6) is 1.88. The fraction of sp³-hybridized carbons (Fsp3) is 0.714. The minimum absolute atomic E-state index is 0.0290. The Morgan fingerprint density at radius 3 is 2.67 bits per heavy atom. The van der Waals surface area contributed by atoms with Crippen LogP contribution >= 0.6 is 0 Å². The molecule has 0 spiro atoms. The number of aromatic nitrogens is 2. The molecule has 1 unspecified atom stereocenters. The Kier molecular flexibility index (Phi) is 4.53. The lowest BCUT2D eigenvalue weighted by molar-refractivity contribution is 0.0534. The van der Waals surface area contributed by atoms with Crippen LogP contribution in [0.5, 0.6) is 0 Å². The third-order valence-electron chi connectivity index (χ3n) is 3.58. The largest absolute Gasteiger partial charge is 0.384 e. The van der Waals surface area contributed by atoms with Gasteiger partial charge in [0.15, 0.2) is 5.82 Å². The Labute approximate surface area is 109 Å². The van der Waals surface area contributed by atoms with Gasteiger partial charge in [-0.3, -0.25) is 0 Å². The first-order chi connectivity index (χ1) is 8.74. The molecular weight excluding hydrogens is 226 g/mol. The van der Waals surface area contributed by atoms with Gasteiger partial charge in [0.25, 0.3) is 0 Å². The van der Waals surface area contributed by atoms with Crippen molar-refractivity contribution in [1.82, 2.24) is 9.97 Å². The molecular formula is C14H23N3O. The van der Waals surface area contributed by atoms with E-state index in [2.05, 4.69) is 16.9 Å². The van der Waals surface area contributed by atoms with Gasteiger partial charge in [-0.1, -0.05) is 19.8 Å². The average molecular weight is 249 g/mol. The Balaban J connectivity index is 2.24. The Hall–Kier alpha value is -1.16. The predicted octanol–water partition coefficient (Wildman–Crippen LogP) is 3.20. The van der Waals surface area contributed by atoms with Crippen LogP contribution < -0.4 is 5.73 Å². The van der Waals surface area contributed by atoms with Crippen LogP contribution in [-0.2, 0) is 4.74 Å². The van der Waals surface area contributed by atoms with Crippen molar-refractivity contribution in [3.8, 4) is 0 Å². The lowest BCUT2D eigenvalue weighted by Gasteiger charge is -2.16. The molecule has 18 heavy (non-hydrogen) atoms. The third kappa shape index (κ3) is 2.99. The molecule has 0 radical (unpaired) electrons. The number of hydrogen-bond donors (Lipinski definition) is 1. The maximum atomic E-state index is 5.91. The highest BCUT2D eigenvalue weighted by atomic mass is 16.5. The molecule has 1 heterocycles. The van der Waals surface area contributed by atoms with Crippen molar-refractivity contribution >= 4 is 5.82 Å². The van der Waals surface area contributed by atoms with E-state index >= 15 is 0 Å². The van der Waals surface area contributed by atoms with Gasteiger partial charge in [-0.05, 0) is 26.2 Å². The molecule has 1 aliphatic carbocycles. The zero-order valence-electron chi connectivity index (χ0n) is 11.4. The molecule has 2 rings (SSSR count). The monoisotopic (exact) mass is 249 g/mol. The van der Waals surface area contributed by atoms with E-state index in [9.17, 15) is 0 Å². The predicted molar refractivity (Wildman–Crippen MR) is 72.3 cm³/mol. The van der Waals surface area contributed by atoms with Crippen LogP contribution in [0.4, 0.5) is 5.82 Å². The van der Waals surface area contributed by atoms with Crippen molar-refractivity contribution in [3.63, 3.8) is 0 Å². The highest BCUT2D eigenvalue weighted by molar-refractivity contribution is 5.32.